The van der Waals surface area contributed by atoms with Crippen molar-refractivity contribution in [2.24, 2.45) is 11.8 Å². The minimum Gasteiger partial charge on any atom is -0.423 e. The Kier molecular flexibility index (Phi) is 4.84. The van der Waals surface area contributed by atoms with Crippen LogP contribution in [0.2, 0.25) is 0 Å². The molecule has 1 aromatic carbocycles. The van der Waals surface area contributed by atoms with Crippen LogP contribution in [0.5, 0.6) is 0 Å². The molecule has 1 aromatic heterocycles. The van der Waals surface area contributed by atoms with Crippen molar-refractivity contribution < 1.29 is 9.21 Å². The van der Waals surface area contributed by atoms with Gasteiger partial charge in [0.25, 0.3) is 6.01 Å². The lowest BCUT2D eigenvalue weighted by Crippen LogP contribution is -2.43. The summed E-state index contributed by atoms with van der Waals surface area (Å²) in [5, 5.41) is 3.07. The Morgan fingerprint density at radius 3 is 3.04 bits per heavy atom. The standard InChI is InChI=1S/C18H25N3O2/c1-13(2)9-10-19-17(22)14-6-5-11-21(12-14)18-20-15-7-3-4-8-16(15)23-18/h3-4,7-8,13-14H,5-6,9-12H2,1-2H3,(H,19,22). The Morgan fingerprint density at radius 1 is 1.43 bits per heavy atom. The number of nitrogens with zero attached hydrogens (tertiary/aromatic N) is 2. The van der Waals surface area contributed by atoms with Crippen molar-refractivity contribution in [1.29, 1.82) is 0 Å². The average molecular weight is 315 g/mol. The number of benzene rings is 1. The van der Waals surface area contributed by atoms with Crippen LogP contribution in [-0.4, -0.2) is 30.5 Å². The third-order valence-corrected chi connectivity index (χ3v) is 4.37. The first kappa shape index (κ1) is 15.8. The van der Waals surface area contributed by atoms with Gasteiger partial charge in [0.15, 0.2) is 5.58 Å². The fraction of sp³-hybridized carbons (Fsp3) is 0.556. The number of anilines is 1. The number of nitrogens with one attached hydrogen (secondary N) is 1. The molecule has 23 heavy (non-hydrogen) atoms. The van der Waals surface area contributed by atoms with Crippen molar-refractivity contribution in [3.8, 4) is 0 Å². The van der Waals surface area contributed by atoms with E-state index in [-0.39, 0.29) is 11.8 Å². The van der Waals surface area contributed by atoms with Crippen LogP contribution < -0.4 is 10.2 Å². The predicted octanol–water partition coefficient (Wildman–Crippen LogP) is 3.21. The molecule has 1 amide bonds. The molecule has 0 aliphatic carbocycles. The van der Waals surface area contributed by atoms with Crippen molar-refractivity contribution in [2.75, 3.05) is 24.5 Å². The van der Waals surface area contributed by atoms with Crippen LogP contribution in [0.4, 0.5) is 6.01 Å². The van der Waals surface area contributed by atoms with Gasteiger partial charge in [0.2, 0.25) is 5.91 Å². The van der Waals surface area contributed by atoms with Crippen LogP contribution in [0, 0.1) is 11.8 Å². The maximum Gasteiger partial charge on any atom is 0.298 e. The van der Waals surface area contributed by atoms with E-state index in [2.05, 4.69) is 29.0 Å². The maximum atomic E-state index is 12.3. The molecule has 1 aliphatic heterocycles. The number of para-hydroxylation sites is 2. The number of hydrogen-bond donors (Lipinski definition) is 1. The predicted molar refractivity (Wildman–Crippen MR) is 91.4 cm³/mol. The molecular formula is C18H25N3O2. The van der Waals surface area contributed by atoms with Crippen LogP contribution in [0.1, 0.15) is 33.1 Å². The van der Waals surface area contributed by atoms with Crippen molar-refractivity contribution in [2.45, 2.75) is 33.1 Å². The van der Waals surface area contributed by atoms with Crippen LogP contribution in [0.15, 0.2) is 28.7 Å². The largest absolute Gasteiger partial charge is 0.423 e. The summed E-state index contributed by atoms with van der Waals surface area (Å²) in [6.45, 7) is 6.67. The van der Waals surface area contributed by atoms with E-state index in [0.717, 1.165) is 43.5 Å². The molecule has 5 nitrogen and oxygen atoms in total. The van der Waals surface area contributed by atoms with Crippen molar-refractivity contribution in [3.63, 3.8) is 0 Å². The molecule has 2 aromatic rings. The van der Waals surface area contributed by atoms with E-state index in [0.29, 0.717) is 18.5 Å². The minimum atomic E-state index is 0.0194. The van der Waals surface area contributed by atoms with Crippen molar-refractivity contribution >= 4 is 23.0 Å². The molecule has 1 unspecified atom stereocenters. The molecule has 1 N–H and O–H groups in total. The third kappa shape index (κ3) is 3.84. The molecule has 0 spiro atoms. The maximum absolute atomic E-state index is 12.3. The Balaban J connectivity index is 1.62. The Bertz CT molecular complexity index is 632. The van der Waals surface area contributed by atoms with Gasteiger partial charge in [-0.25, -0.2) is 0 Å². The fourth-order valence-corrected chi connectivity index (χ4v) is 2.99. The Hall–Kier alpha value is -2.04. The van der Waals surface area contributed by atoms with Crippen LogP contribution >= 0.6 is 0 Å². The van der Waals surface area contributed by atoms with Crippen molar-refractivity contribution in [1.82, 2.24) is 10.3 Å². The van der Waals surface area contributed by atoms with E-state index in [1.54, 1.807) is 0 Å². The summed E-state index contributed by atoms with van der Waals surface area (Å²) in [5.74, 6) is 0.787. The van der Waals surface area contributed by atoms with Crippen LogP contribution in [0.25, 0.3) is 11.1 Å². The zero-order valence-corrected chi connectivity index (χ0v) is 13.9. The molecule has 5 heteroatoms. The summed E-state index contributed by atoms with van der Waals surface area (Å²) in [6, 6.07) is 8.40. The second-order valence-corrected chi connectivity index (χ2v) is 6.72. The molecule has 1 saturated heterocycles. The summed E-state index contributed by atoms with van der Waals surface area (Å²) in [4.78, 5) is 19.0. The summed E-state index contributed by atoms with van der Waals surface area (Å²) in [5.41, 5.74) is 1.66. The highest BCUT2D eigenvalue weighted by Gasteiger charge is 2.28. The number of oxazole rings is 1. The van der Waals surface area contributed by atoms with Gasteiger partial charge in [0.05, 0.1) is 5.92 Å². The van der Waals surface area contributed by atoms with E-state index in [1.807, 2.05) is 24.3 Å². The molecule has 0 bridgehead atoms. The number of aromatic nitrogens is 1. The lowest BCUT2D eigenvalue weighted by Gasteiger charge is -2.30. The smallest absolute Gasteiger partial charge is 0.298 e. The van der Waals surface area contributed by atoms with E-state index in [4.69, 9.17) is 4.42 Å². The van der Waals surface area contributed by atoms with Crippen LogP contribution in [-0.2, 0) is 4.79 Å². The molecule has 2 heterocycles. The monoisotopic (exact) mass is 315 g/mol. The summed E-state index contributed by atoms with van der Waals surface area (Å²) in [6.07, 6.45) is 2.94. The molecule has 124 valence electrons. The van der Waals surface area contributed by atoms with Gasteiger partial charge in [0.1, 0.15) is 5.52 Å². The van der Waals surface area contributed by atoms with E-state index >= 15 is 0 Å². The first-order valence-corrected chi connectivity index (χ1v) is 8.51. The van der Waals surface area contributed by atoms with Gasteiger partial charge in [0, 0.05) is 19.6 Å². The fourth-order valence-electron chi connectivity index (χ4n) is 2.99. The van der Waals surface area contributed by atoms with Gasteiger partial charge >= 0.3 is 0 Å². The minimum absolute atomic E-state index is 0.0194. The van der Waals surface area contributed by atoms with Gasteiger partial charge in [-0.2, -0.15) is 4.98 Å². The van der Waals surface area contributed by atoms with Gasteiger partial charge in [-0.15, -0.1) is 0 Å². The second kappa shape index (κ2) is 7.02. The first-order chi connectivity index (χ1) is 11.1. The Labute approximate surface area is 137 Å². The molecular weight excluding hydrogens is 290 g/mol. The number of rotatable bonds is 5. The zero-order chi connectivity index (χ0) is 16.2. The second-order valence-electron chi connectivity index (χ2n) is 6.72. The number of hydrogen-bond acceptors (Lipinski definition) is 4. The number of piperidine rings is 1. The lowest BCUT2D eigenvalue weighted by atomic mass is 9.97. The lowest BCUT2D eigenvalue weighted by molar-refractivity contribution is -0.125. The molecule has 1 aliphatic rings. The third-order valence-electron chi connectivity index (χ3n) is 4.37. The first-order valence-electron chi connectivity index (χ1n) is 8.51. The van der Waals surface area contributed by atoms with E-state index in [1.165, 1.54) is 0 Å². The molecule has 0 radical (unpaired) electrons. The number of amides is 1. The van der Waals surface area contributed by atoms with Crippen molar-refractivity contribution in [3.05, 3.63) is 24.3 Å². The normalized spacial score (nSPS) is 18.6. The highest BCUT2D eigenvalue weighted by molar-refractivity contribution is 5.79. The average Bonchev–Trinajstić information content (AvgIpc) is 2.98. The topological polar surface area (TPSA) is 58.4 Å². The van der Waals surface area contributed by atoms with Gasteiger partial charge < -0.3 is 14.6 Å². The molecule has 3 rings (SSSR count). The highest BCUT2D eigenvalue weighted by Crippen LogP contribution is 2.26. The van der Waals surface area contributed by atoms with E-state index in [9.17, 15) is 4.79 Å². The number of carbonyl (C=O) groups excluding carboxylic acids is 1. The Morgan fingerprint density at radius 2 is 2.26 bits per heavy atom. The van der Waals surface area contributed by atoms with Crippen LogP contribution in [0.3, 0.4) is 0 Å². The molecule has 0 saturated carbocycles. The summed E-state index contributed by atoms with van der Waals surface area (Å²) < 4.78 is 5.83. The summed E-state index contributed by atoms with van der Waals surface area (Å²) in [7, 11) is 0. The SMILES string of the molecule is CC(C)CCNC(=O)C1CCCN(c2nc3ccccc3o2)C1. The quantitative estimate of drug-likeness (QED) is 0.920. The van der Waals surface area contributed by atoms with Gasteiger partial charge in [-0.3, -0.25) is 4.79 Å². The zero-order valence-electron chi connectivity index (χ0n) is 13.9. The van der Waals surface area contributed by atoms with Gasteiger partial charge in [-0.05, 0) is 37.3 Å². The van der Waals surface area contributed by atoms with E-state index < -0.39 is 0 Å². The molecule has 1 atom stereocenters. The number of carbonyl (C=O) groups is 1. The number of fused-ring (bicyclic) bond motifs is 1. The van der Waals surface area contributed by atoms with Gasteiger partial charge in [-0.1, -0.05) is 26.0 Å². The summed E-state index contributed by atoms with van der Waals surface area (Å²) >= 11 is 0. The highest BCUT2D eigenvalue weighted by atomic mass is 16.4. The molecule has 1 fully saturated rings.